The lowest BCUT2D eigenvalue weighted by molar-refractivity contribution is -0.129. The van der Waals surface area contributed by atoms with Crippen molar-refractivity contribution in [3.8, 4) is 0 Å². The highest BCUT2D eigenvalue weighted by Gasteiger charge is 2.17. The highest BCUT2D eigenvalue weighted by atomic mass is 16.4. The second-order valence-electron chi connectivity index (χ2n) is 5.89. The smallest absolute Gasteiger partial charge is 0.335 e. The molecule has 0 bridgehead atoms. The van der Waals surface area contributed by atoms with E-state index in [2.05, 4.69) is 5.10 Å². The maximum Gasteiger partial charge on any atom is 0.335 e. The summed E-state index contributed by atoms with van der Waals surface area (Å²) in [6, 6.07) is 6.57. The molecule has 2 rings (SSSR count). The van der Waals surface area contributed by atoms with Crippen LogP contribution in [0.25, 0.3) is 0 Å². The van der Waals surface area contributed by atoms with E-state index in [1.165, 1.54) is 0 Å². The van der Waals surface area contributed by atoms with Crippen LogP contribution in [0.2, 0.25) is 0 Å². The molecule has 1 aromatic heterocycles. The summed E-state index contributed by atoms with van der Waals surface area (Å²) in [4.78, 5) is 25.0. The number of hydrogen-bond acceptors (Lipinski definition) is 3. The number of aryl methyl sites for hydroxylation is 2. The van der Waals surface area contributed by atoms with E-state index in [1.54, 1.807) is 36.2 Å². The molecule has 0 saturated heterocycles. The SMILES string of the molecule is CCn1nc(C)c(CC(=O)N(C)Cc2ccc(C(=O)O)cc2)c1C. The van der Waals surface area contributed by atoms with Gasteiger partial charge in [0.15, 0.2) is 0 Å². The number of carboxylic acids is 1. The molecule has 0 aliphatic carbocycles. The molecule has 0 aliphatic rings. The maximum absolute atomic E-state index is 12.5. The molecule has 0 saturated carbocycles. The third-order valence-corrected chi connectivity index (χ3v) is 4.21. The number of likely N-dealkylation sites (N-methyl/N-ethyl adjacent to an activating group) is 1. The van der Waals surface area contributed by atoms with E-state index in [4.69, 9.17) is 5.11 Å². The summed E-state index contributed by atoms with van der Waals surface area (Å²) in [5.74, 6) is -0.941. The molecular weight excluding hydrogens is 306 g/mol. The number of carbonyl (C=O) groups is 2. The predicted octanol–water partition coefficient (Wildman–Crippen LogP) is 2.42. The lowest BCUT2D eigenvalue weighted by Gasteiger charge is -2.17. The van der Waals surface area contributed by atoms with Crippen molar-refractivity contribution in [1.29, 1.82) is 0 Å². The van der Waals surface area contributed by atoms with Gasteiger partial charge in [0.05, 0.1) is 17.7 Å². The van der Waals surface area contributed by atoms with E-state index in [9.17, 15) is 9.59 Å². The zero-order valence-electron chi connectivity index (χ0n) is 14.5. The Kier molecular flexibility index (Phi) is 5.39. The molecule has 128 valence electrons. The molecule has 0 spiro atoms. The Labute approximate surface area is 141 Å². The Hall–Kier alpha value is -2.63. The number of benzene rings is 1. The normalized spacial score (nSPS) is 10.7. The van der Waals surface area contributed by atoms with Crippen LogP contribution in [0.3, 0.4) is 0 Å². The lowest BCUT2D eigenvalue weighted by atomic mass is 10.1. The highest BCUT2D eigenvalue weighted by molar-refractivity contribution is 5.87. The van der Waals surface area contributed by atoms with Gasteiger partial charge in [-0.1, -0.05) is 12.1 Å². The van der Waals surface area contributed by atoms with Crippen molar-refractivity contribution in [2.75, 3.05) is 7.05 Å². The van der Waals surface area contributed by atoms with Crippen LogP contribution in [0.4, 0.5) is 0 Å². The Morgan fingerprint density at radius 3 is 2.33 bits per heavy atom. The summed E-state index contributed by atoms with van der Waals surface area (Å²) in [6.07, 6.45) is 0.321. The molecule has 6 nitrogen and oxygen atoms in total. The van der Waals surface area contributed by atoms with Gasteiger partial charge in [-0.3, -0.25) is 9.48 Å². The van der Waals surface area contributed by atoms with Gasteiger partial charge in [0.1, 0.15) is 0 Å². The molecule has 0 atom stereocenters. The van der Waals surface area contributed by atoms with Crippen LogP contribution in [0.5, 0.6) is 0 Å². The van der Waals surface area contributed by atoms with Gasteiger partial charge >= 0.3 is 5.97 Å². The monoisotopic (exact) mass is 329 g/mol. The maximum atomic E-state index is 12.5. The first-order valence-electron chi connectivity index (χ1n) is 7.92. The average Bonchev–Trinajstić information content (AvgIpc) is 2.82. The number of rotatable bonds is 6. The summed E-state index contributed by atoms with van der Waals surface area (Å²) in [7, 11) is 1.75. The first kappa shape index (κ1) is 17.7. The van der Waals surface area contributed by atoms with Gasteiger partial charge < -0.3 is 10.0 Å². The fourth-order valence-electron chi connectivity index (χ4n) is 2.70. The minimum Gasteiger partial charge on any atom is -0.478 e. The number of aromatic nitrogens is 2. The Balaban J connectivity index is 2.04. The van der Waals surface area contributed by atoms with Gasteiger partial charge in [-0.05, 0) is 38.5 Å². The van der Waals surface area contributed by atoms with E-state index < -0.39 is 5.97 Å². The summed E-state index contributed by atoms with van der Waals surface area (Å²) >= 11 is 0. The average molecular weight is 329 g/mol. The van der Waals surface area contributed by atoms with E-state index in [0.717, 1.165) is 29.1 Å². The minimum atomic E-state index is -0.954. The fourth-order valence-corrected chi connectivity index (χ4v) is 2.70. The van der Waals surface area contributed by atoms with Crippen LogP contribution in [0, 0.1) is 13.8 Å². The number of hydrogen-bond donors (Lipinski definition) is 1. The summed E-state index contributed by atoms with van der Waals surface area (Å²) in [6.45, 7) is 7.16. The standard InChI is InChI=1S/C18H23N3O3/c1-5-21-13(3)16(12(2)19-21)10-17(22)20(4)11-14-6-8-15(9-7-14)18(23)24/h6-9H,5,10-11H2,1-4H3,(H,23,24). The molecule has 0 unspecified atom stereocenters. The van der Waals surface area contributed by atoms with Crippen molar-refractivity contribution in [3.05, 3.63) is 52.3 Å². The second-order valence-corrected chi connectivity index (χ2v) is 5.89. The number of aromatic carboxylic acids is 1. The molecular formula is C18H23N3O3. The molecule has 1 heterocycles. The van der Waals surface area contributed by atoms with Crippen LogP contribution >= 0.6 is 0 Å². The molecule has 1 N–H and O–H groups in total. The van der Waals surface area contributed by atoms with Crippen LogP contribution in [-0.2, 0) is 24.3 Å². The van der Waals surface area contributed by atoms with Gasteiger partial charge in [0.25, 0.3) is 0 Å². The van der Waals surface area contributed by atoms with Gasteiger partial charge in [0.2, 0.25) is 5.91 Å². The molecule has 24 heavy (non-hydrogen) atoms. The second kappa shape index (κ2) is 7.29. The minimum absolute atomic E-state index is 0.0131. The van der Waals surface area contributed by atoms with Crippen LogP contribution in [-0.4, -0.2) is 38.7 Å². The largest absolute Gasteiger partial charge is 0.478 e. The quantitative estimate of drug-likeness (QED) is 0.883. The van der Waals surface area contributed by atoms with Gasteiger partial charge in [-0.25, -0.2) is 4.79 Å². The van der Waals surface area contributed by atoms with E-state index in [1.807, 2.05) is 25.5 Å². The number of amides is 1. The lowest BCUT2D eigenvalue weighted by Crippen LogP contribution is -2.28. The summed E-state index contributed by atoms with van der Waals surface area (Å²) in [5, 5.41) is 13.4. The molecule has 0 fully saturated rings. The zero-order chi connectivity index (χ0) is 17.9. The molecule has 1 aromatic carbocycles. The zero-order valence-corrected chi connectivity index (χ0v) is 14.5. The Morgan fingerprint density at radius 2 is 1.83 bits per heavy atom. The van der Waals surface area contributed by atoms with Crippen molar-refractivity contribution >= 4 is 11.9 Å². The van der Waals surface area contributed by atoms with Crippen molar-refractivity contribution in [2.45, 2.75) is 40.3 Å². The Bertz CT molecular complexity index is 748. The molecule has 2 aromatic rings. The van der Waals surface area contributed by atoms with Crippen LogP contribution in [0.1, 0.15) is 39.8 Å². The molecule has 0 aliphatic heterocycles. The van der Waals surface area contributed by atoms with Crippen LogP contribution in [0.15, 0.2) is 24.3 Å². The third kappa shape index (κ3) is 3.82. The summed E-state index contributed by atoms with van der Waals surface area (Å²) in [5.41, 5.74) is 4.04. The van der Waals surface area contributed by atoms with E-state index >= 15 is 0 Å². The van der Waals surface area contributed by atoms with E-state index in [-0.39, 0.29) is 11.5 Å². The van der Waals surface area contributed by atoms with Crippen molar-refractivity contribution in [3.63, 3.8) is 0 Å². The topological polar surface area (TPSA) is 75.4 Å². The first-order chi connectivity index (χ1) is 11.3. The van der Waals surface area contributed by atoms with Gasteiger partial charge in [0, 0.05) is 31.4 Å². The molecule has 0 radical (unpaired) electrons. The van der Waals surface area contributed by atoms with Crippen molar-refractivity contribution in [2.24, 2.45) is 0 Å². The molecule has 6 heteroatoms. The number of carbonyl (C=O) groups excluding carboxylic acids is 1. The third-order valence-electron chi connectivity index (χ3n) is 4.21. The van der Waals surface area contributed by atoms with Gasteiger partial charge in [-0.15, -0.1) is 0 Å². The predicted molar refractivity (Wildman–Crippen MR) is 91.0 cm³/mol. The summed E-state index contributed by atoms with van der Waals surface area (Å²) < 4.78 is 1.91. The Morgan fingerprint density at radius 1 is 1.21 bits per heavy atom. The van der Waals surface area contributed by atoms with Crippen molar-refractivity contribution < 1.29 is 14.7 Å². The number of nitrogens with zero attached hydrogens (tertiary/aromatic N) is 3. The first-order valence-corrected chi connectivity index (χ1v) is 7.92. The van der Waals surface area contributed by atoms with Crippen LogP contribution < -0.4 is 0 Å². The number of carboxylic acid groups (broad SMARTS) is 1. The van der Waals surface area contributed by atoms with Crippen molar-refractivity contribution in [1.82, 2.24) is 14.7 Å². The highest BCUT2D eigenvalue weighted by Crippen LogP contribution is 2.15. The van der Waals surface area contributed by atoms with Gasteiger partial charge in [-0.2, -0.15) is 5.10 Å². The fraction of sp³-hybridized carbons (Fsp3) is 0.389. The molecule has 1 amide bonds. The van der Waals surface area contributed by atoms with E-state index in [0.29, 0.717) is 13.0 Å².